The van der Waals surface area contributed by atoms with Crippen LogP contribution in [0.25, 0.3) is 6.08 Å². The predicted octanol–water partition coefficient (Wildman–Crippen LogP) is 2.85. The van der Waals surface area contributed by atoms with Crippen molar-refractivity contribution in [2.24, 2.45) is 0 Å². The van der Waals surface area contributed by atoms with Crippen molar-refractivity contribution in [3.8, 4) is 0 Å². The molecule has 0 atom stereocenters. The average Bonchev–Trinajstić information content (AvgIpc) is 3.47. The molecule has 1 fully saturated rings. The topological polar surface area (TPSA) is 75.3 Å². The number of carbonyl (C=O) groups excluding carboxylic acids is 1. The summed E-state index contributed by atoms with van der Waals surface area (Å²) >= 11 is 0. The van der Waals surface area contributed by atoms with E-state index in [9.17, 15) is 13.2 Å². The second-order valence-electron chi connectivity index (χ2n) is 6.77. The van der Waals surface area contributed by atoms with Gasteiger partial charge in [-0.15, -0.1) is 0 Å². The normalized spacial score (nSPS) is 15.6. The molecule has 2 aromatic carbocycles. The SMILES string of the molecule is CCNS(=O)(=O)c1ccc(/C=C/C(=O)NCC2(c3ccccc3)CC2)cc1. The number of sulfonamides is 1. The van der Waals surface area contributed by atoms with E-state index >= 15 is 0 Å². The van der Waals surface area contributed by atoms with Crippen LogP contribution in [-0.4, -0.2) is 27.4 Å². The molecule has 1 amide bonds. The van der Waals surface area contributed by atoms with Gasteiger partial charge >= 0.3 is 0 Å². The van der Waals surface area contributed by atoms with Gasteiger partial charge in [-0.3, -0.25) is 4.79 Å². The zero-order valence-electron chi connectivity index (χ0n) is 15.3. The number of benzene rings is 2. The second kappa shape index (κ2) is 8.06. The number of hydrogen-bond acceptors (Lipinski definition) is 3. The first kappa shape index (κ1) is 19.3. The van der Waals surface area contributed by atoms with Gasteiger partial charge in [-0.05, 0) is 42.2 Å². The summed E-state index contributed by atoms with van der Waals surface area (Å²) in [4.78, 5) is 12.3. The molecular formula is C21H24N2O3S. The van der Waals surface area contributed by atoms with Crippen LogP contribution in [-0.2, 0) is 20.2 Å². The molecular weight excluding hydrogens is 360 g/mol. The molecule has 0 spiro atoms. The monoisotopic (exact) mass is 384 g/mol. The first-order chi connectivity index (χ1) is 13.0. The van der Waals surface area contributed by atoms with Crippen LogP contribution in [0.3, 0.4) is 0 Å². The summed E-state index contributed by atoms with van der Waals surface area (Å²) in [6.45, 7) is 2.70. The summed E-state index contributed by atoms with van der Waals surface area (Å²) in [6, 6.07) is 16.7. The van der Waals surface area contributed by atoms with Gasteiger partial charge in [-0.25, -0.2) is 13.1 Å². The van der Waals surface area contributed by atoms with Crippen molar-refractivity contribution in [1.82, 2.24) is 10.0 Å². The van der Waals surface area contributed by atoms with Gasteiger partial charge in [0.2, 0.25) is 15.9 Å². The van der Waals surface area contributed by atoms with Crippen LogP contribution in [0.15, 0.2) is 65.6 Å². The highest BCUT2D eigenvalue weighted by Crippen LogP contribution is 2.47. The average molecular weight is 385 g/mol. The Morgan fingerprint density at radius 2 is 1.74 bits per heavy atom. The van der Waals surface area contributed by atoms with E-state index in [2.05, 4.69) is 22.2 Å². The molecule has 0 aromatic heterocycles. The minimum Gasteiger partial charge on any atom is -0.352 e. The van der Waals surface area contributed by atoms with E-state index in [0.717, 1.165) is 18.4 Å². The Hall–Kier alpha value is -2.44. The van der Waals surface area contributed by atoms with Crippen LogP contribution >= 0.6 is 0 Å². The van der Waals surface area contributed by atoms with Gasteiger partial charge in [0.1, 0.15) is 0 Å². The van der Waals surface area contributed by atoms with Crippen molar-refractivity contribution in [3.05, 3.63) is 71.8 Å². The molecule has 5 nitrogen and oxygen atoms in total. The molecule has 6 heteroatoms. The third-order valence-electron chi connectivity index (χ3n) is 4.79. The second-order valence-corrected chi connectivity index (χ2v) is 8.53. The van der Waals surface area contributed by atoms with Crippen molar-refractivity contribution in [1.29, 1.82) is 0 Å². The fraction of sp³-hybridized carbons (Fsp3) is 0.286. The van der Waals surface area contributed by atoms with E-state index in [0.29, 0.717) is 13.1 Å². The first-order valence-corrected chi connectivity index (χ1v) is 10.5. The van der Waals surface area contributed by atoms with Crippen LogP contribution in [0.5, 0.6) is 0 Å². The maximum atomic E-state index is 12.1. The van der Waals surface area contributed by atoms with E-state index in [1.165, 1.54) is 23.8 Å². The van der Waals surface area contributed by atoms with Gasteiger partial charge < -0.3 is 5.32 Å². The zero-order valence-corrected chi connectivity index (χ0v) is 16.1. The lowest BCUT2D eigenvalue weighted by Gasteiger charge is -2.15. The lowest BCUT2D eigenvalue weighted by molar-refractivity contribution is -0.116. The Morgan fingerprint density at radius 3 is 2.33 bits per heavy atom. The van der Waals surface area contributed by atoms with E-state index < -0.39 is 10.0 Å². The zero-order chi connectivity index (χ0) is 19.3. The molecule has 0 radical (unpaired) electrons. The number of hydrogen-bond donors (Lipinski definition) is 2. The smallest absolute Gasteiger partial charge is 0.244 e. The Morgan fingerprint density at radius 1 is 1.07 bits per heavy atom. The third kappa shape index (κ3) is 4.84. The summed E-state index contributed by atoms with van der Waals surface area (Å²) in [5, 5.41) is 2.97. The molecule has 1 saturated carbocycles. The van der Waals surface area contributed by atoms with E-state index in [1.54, 1.807) is 25.1 Å². The van der Waals surface area contributed by atoms with Gasteiger partial charge in [-0.1, -0.05) is 49.4 Å². The fourth-order valence-corrected chi connectivity index (χ4v) is 4.07. The van der Waals surface area contributed by atoms with Gasteiger partial charge in [0.15, 0.2) is 0 Å². The minimum absolute atomic E-state index is 0.0764. The molecule has 3 rings (SSSR count). The lowest BCUT2D eigenvalue weighted by atomic mass is 9.96. The largest absolute Gasteiger partial charge is 0.352 e. The number of carbonyl (C=O) groups is 1. The number of nitrogens with one attached hydrogen (secondary N) is 2. The molecule has 2 aromatic rings. The number of amides is 1. The molecule has 0 heterocycles. The summed E-state index contributed by atoms with van der Waals surface area (Å²) in [6.07, 6.45) is 5.33. The molecule has 142 valence electrons. The Bertz CT molecular complexity index is 916. The van der Waals surface area contributed by atoms with Crippen molar-refractivity contribution < 1.29 is 13.2 Å². The lowest BCUT2D eigenvalue weighted by Crippen LogP contribution is -2.30. The molecule has 0 aliphatic heterocycles. The maximum Gasteiger partial charge on any atom is 0.244 e. The van der Waals surface area contributed by atoms with Gasteiger partial charge in [0.05, 0.1) is 4.90 Å². The van der Waals surface area contributed by atoms with Crippen molar-refractivity contribution in [2.45, 2.75) is 30.1 Å². The van der Waals surface area contributed by atoms with Crippen LogP contribution in [0.1, 0.15) is 30.9 Å². The summed E-state index contributed by atoms with van der Waals surface area (Å²) in [5.74, 6) is -0.151. The summed E-state index contributed by atoms with van der Waals surface area (Å²) in [5.41, 5.74) is 2.11. The van der Waals surface area contributed by atoms with Crippen molar-refractivity contribution in [2.75, 3.05) is 13.1 Å². The van der Waals surface area contributed by atoms with Gasteiger partial charge in [-0.2, -0.15) is 0 Å². The predicted molar refractivity (Wildman–Crippen MR) is 107 cm³/mol. The molecule has 1 aliphatic rings. The molecule has 0 saturated heterocycles. The minimum atomic E-state index is -3.46. The Labute approximate surface area is 160 Å². The van der Waals surface area contributed by atoms with Crippen LogP contribution in [0.4, 0.5) is 0 Å². The molecule has 0 unspecified atom stereocenters. The van der Waals surface area contributed by atoms with Crippen LogP contribution in [0, 0.1) is 0 Å². The standard InChI is InChI=1S/C21H24N2O3S/c1-2-23-27(25,26)19-11-8-17(9-12-19)10-13-20(24)22-16-21(14-15-21)18-6-4-3-5-7-18/h3-13,23H,2,14-16H2,1H3,(H,22,24)/b13-10+. The Balaban J connectivity index is 1.56. The quantitative estimate of drug-likeness (QED) is 0.687. The Kier molecular flexibility index (Phi) is 5.77. The molecule has 1 aliphatic carbocycles. The summed E-state index contributed by atoms with van der Waals surface area (Å²) < 4.78 is 26.3. The molecule has 2 N–H and O–H groups in total. The number of rotatable bonds is 8. The van der Waals surface area contributed by atoms with Gasteiger partial charge in [0, 0.05) is 24.6 Å². The highest BCUT2D eigenvalue weighted by atomic mass is 32.2. The van der Waals surface area contributed by atoms with Crippen LogP contribution < -0.4 is 10.0 Å². The van der Waals surface area contributed by atoms with E-state index in [1.807, 2.05) is 18.2 Å². The first-order valence-electron chi connectivity index (χ1n) is 9.06. The molecule has 0 bridgehead atoms. The third-order valence-corrected chi connectivity index (χ3v) is 6.35. The van der Waals surface area contributed by atoms with Crippen LogP contribution in [0.2, 0.25) is 0 Å². The highest BCUT2D eigenvalue weighted by Gasteiger charge is 2.44. The summed E-state index contributed by atoms with van der Waals surface area (Å²) in [7, 11) is -3.46. The fourth-order valence-electron chi connectivity index (χ4n) is 3.03. The highest BCUT2D eigenvalue weighted by molar-refractivity contribution is 7.89. The van der Waals surface area contributed by atoms with E-state index in [4.69, 9.17) is 0 Å². The molecule has 27 heavy (non-hydrogen) atoms. The maximum absolute atomic E-state index is 12.1. The van der Waals surface area contributed by atoms with E-state index in [-0.39, 0.29) is 16.2 Å². The van der Waals surface area contributed by atoms with Crippen molar-refractivity contribution in [3.63, 3.8) is 0 Å². The van der Waals surface area contributed by atoms with Gasteiger partial charge in [0.25, 0.3) is 0 Å². The van der Waals surface area contributed by atoms with Crippen molar-refractivity contribution >= 4 is 22.0 Å².